The average Bonchev–Trinajstić information content (AvgIpc) is 2.28. The quantitative estimate of drug-likeness (QED) is 0.753. The standard InChI is InChI=1S/C13H17BrO2S/c1-3-10(2)8-17(16)9-13(15)11-5-4-6-12(14)7-11/h4-7,10H,3,8-9H2,1-2H3. The number of carbonyl (C=O) groups is 1. The zero-order valence-electron chi connectivity index (χ0n) is 10.1. The highest BCUT2D eigenvalue weighted by atomic mass is 79.9. The highest BCUT2D eigenvalue weighted by Crippen LogP contribution is 2.13. The van der Waals surface area contributed by atoms with E-state index in [-0.39, 0.29) is 11.5 Å². The minimum Gasteiger partial charge on any atom is -0.293 e. The van der Waals surface area contributed by atoms with Crippen molar-refractivity contribution in [3.05, 3.63) is 34.3 Å². The molecule has 0 fully saturated rings. The Hall–Kier alpha value is -0.480. The van der Waals surface area contributed by atoms with E-state index in [1.807, 2.05) is 12.1 Å². The maximum Gasteiger partial charge on any atom is 0.175 e. The predicted octanol–water partition coefficient (Wildman–Crippen LogP) is 3.43. The van der Waals surface area contributed by atoms with E-state index in [1.165, 1.54) is 0 Å². The number of halogens is 1. The van der Waals surface area contributed by atoms with E-state index >= 15 is 0 Å². The minimum absolute atomic E-state index is 0.0482. The van der Waals surface area contributed by atoms with Crippen LogP contribution in [0.25, 0.3) is 0 Å². The van der Waals surface area contributed by atoms with Crippen molar-refractivity contribution in [3.63, 3.8) is 0 Å². The molecule has 0 bridgehead atoms. The maximum absolute atomic E-state index is 11.9. The van der Waals surface area contributed by atoms with Gasteiger partial charge in [-0.15, -0.1) is 0 Å². The fourth-order valence-corrected chi connectivity index (χ4v) is 3.23. The lowest BCUT2D eigenvalue weighted by atomic mass is 10.1. The molecule has 0 spiro atoms. The summed E-state index contributed by atoms with van der Waals surface area (Å²) in [6.07, 6.45) is 0.997. The molecule has 0 heterocycles. The molecule has 0 aliphatic heterocycles. The molecular formula is C13H17BrO2S. The lowest BCUT2D eigenvalue weighted by Crippen LogP contribution is -2.16. The number of Topliss-reactive ketones (excluding diaryl/α,β-unsaturated/α-hetero) is 1. The van der Waals surface area contributed by atoms with Crippen molar-refractivity contribution in [1.82, 2.24) is 0 Å². The van der Waals surface area contributed by atoms with E-state index in [0.717, 1.165) is 10.9 Å². The molecule has 0 saturated heterocycles. The molecule has 17 heavy (non-hydrogen) atoms. The summed E-state index contributed by atoms with van der Waals surface area (Å²) >= 11 is 3.32. The lowest BCUT2D eigenvalue weighted by molar-refractivity contribution is 0.102. The minimum atomic E-state index is -1.05. The zero-order chi connectivity index (χ0) is 12.8. The maximum atomic E-state index is 11.9. The van der Waals surface area contributed by atoms with E-state index in [1.54, 1.807) is 12.1 Å². The van der Waals surface area contributed by atoms with Crippen LogP contribution in [0.5, 0.6) is 0 Å². The van der Waals surface area contributed by atoms with Crippen molar-refractivity contribution in [2.45, 2.75) is 20.3 Å². The summed E-state index contributed by atoms with van der Waals surface area (Å²) in [6.45, 7) is 4.12. The largest absolute Gasteiger partial charge is 0.293 e. The van der Waals surface area contributed by atoms with Crippen LogP contribution in [0.1, 0.15) is 30.6 Å². The molecule has 0 N–H and O–H groups in total. The Bertz CT molecular complexity index is 418. The Labute approximate surface area is 113 Å². The summed E-state index contributed by atoms with van der Waals surface area (Å²) in [6, 6.07) is 7.21. The van der Waals surface area contributed by atoms with E-state index < -0.39 is 10.8 Å². The first-order valence-corrected chi connectivity index (χ1v) is 7.94. The van der Waals surface area contributed by atoms with Crippen molar-refractivity contribution < 1.29 is 9.00 Å². The summed E-state index contributed by atoms with van der Waals surface area (Å²) in [7, 11) is -1.05. The molecule has 2 nitrogen and oxygen atoms in total. The second-order valence-electron chi connectivity index (χ2n) is 4.20. The Morgan fingerprint density at radius 2 is 2.18 bits per heavy atom. The molecule has 0 saturated carbocycles. The second-order valence-corrected chi connectivity index (χ2v) is 6.62. The first-order valence-electron chi connectivity index (χ1n) is 5.66. The number of benzene rings is 1. The van der Waals surface area contributed by atoms with E-state index in [4.69, 9.17) is 0 Å². The molecule has 2 atom stereocenters. The smallest absolute Gasteiger partial charge is 0.175 e. The predicted molar refractivity (Wildman–Crippen MR) is 75.8 cm³/mol. The molecule has 0 aliphatic carbocycles. The van der Waals surface area contributed by atoms with Crippen molar-refractivity contribution in [2.24, 2.45) is 5.92 Å². The van der Waals surface area contributed by atoms with E-state index in [2.05, 4.69) is 29.8 Å². The van der Waals surface area contributed by atoms with E-state index in [9.17, 15) is 9.00 Å². The summed E-state index contributed by atoms with van der Waals surface area (Å²) in [5.74, 6) is 1.09. The van der Waals surface area contributed by atoms with Crippen LogP contribution >= 0.6 is 15.9 Å². The third-order valence-corrected chi connectivity index (χ3v) is 4.62. The normalized spacial score (nSPS) is 14.3. The summed E-state index contributed by atoms with van der Waals surface area (Å²) in [5, 5.41) is 0. The number of rotatable bonds is 6. The molecule has 94 valence electrons. The number of hydrogen-bond acceptors (Lipinski definition) is 2. The summed E-state index contributed by atoms with van der Waals surface area (Å²) < 4.78 is 12.6. The zero-order valence-corrected chi connectivity index (χ0v) is 12.5. The third kappa shape index (κ3) is 5.13. The van der Waals surface area contributed by atoms with Crippen LogP contribution in [0.3, 0.4) is 0 Å². The van der Waals surface area contributed by atoms with Gasteiger partial charge in [-0.25, -0.2) is 0 Å². The molecule has 2 unspecified atom stereocenters. The second kappa shape index (κ2) is 7.07. The van der Waals surface area contributed by atoms with Gasteiger partial charge in [0, 0.05) is 26.6 Å². The number of carbonyl (C=O) groups excluding carboxylic acids is 1. The van der Waals surface area contributed by atoms with Gasteiger partial charge in [-0.2, -0.15) is 0 Å². The van der Waals surface area contributed by atoms with Gasteiger partial charge >= 0.3 is 0 Å². The van der Waals surface area contributed by atoms with Crippen LogP contribution in [0.4, 0.5) is 0 Å². The fourth-order valence-electron chi connectivity index (χ4n) is 1.39. The van der Waals surface area contributed by atoms with Crippen LogP contribution in [-0.4, -0.2) is 21.5 Å². The molecule has 0 radical (unpaired) electrons. The topological polar surface area (TPSA) is 34.1 Å². The van der Waals surface area contributed by atoms with Gasteiger partial charge in [0.15, 0.2) is 5.78 Å². The van der Waals surface area contributed by atoms with Crippen LogP contribution in [0.2, 0.25) is 0 Å². The highest BCUT2D eigenvalue weighted by Gasteiger charge is 2.12. The van der Waals surface area contributed by atoms with Crippen molar-refractivity contribution in [1.29, 1.82) is 0 Å². The fraction of sp³-hybridized carbons (Fsp3) is 0.462. The third-order valence-electron chi connectivity index (χ3n) is 2.61. The Kier molecular flexibility index (Phi) is 6.06. The van der Waals surface area contributed by atoms with Gasteiger partial charge in [0.05, 0.1) is 5.75 Å². The van der Waals surface area contributed by atoms with Gasteiger partial charge in [0.25, 0.3) is 0 Å². The first kappa shape index (κ1) is 14.6. The van der Waals surface area contributed by atoms with Crippen LogP contribution in [0.15, 0.2) is 28.7 Å². The van der Waals surface area contributed by atoms with Gasteiger partial charge in [-0.1, -0.05) is 48.3 Å². The molecule has 1 aromatic carbocycles. The van der Waals surface area contributed by atoms with Gasteiger partial charge in [0.2, 0.25) is 0 Å². The molecule has 0 aromatic heterocycles. The van der Waals surface area contributed by atoms with Crippen molar-refractivity contribution >= 4 is 32.5 Å². The summed E-state index contributed by atoms with van der Waals surface area (Å²) in [5.41, 5.74) is 0.622. The Balaban J connectivity index is 2.58. The molecular weight excluding hydrogens is 300 g/mol. The molecule has 0 aliphatic rings. The Morgan fingerprint density at radius 1 is 1.47 bits per heavy atom. The van der Waals surface area contributed by atoms with Gasteiger partial charge in [-0.05, 0) is 18.1 Å². The van der Waals surface area contributed by atoms with Crippen molar-refractivity contribution in [3.8, 4) is 0 Å². The SMILES string of the molecule is CCC(C)CS(=O)CC(=O)c1cccc(Br)c1. The van der Waals surface area contributed by atoms with Crippen molar-refractivity contribution in [2.75, 3.05) is 11.5 Å². The molecule has 4 heteroatoms. The molecule has 1 rings (SSSR count). The molecule has 1 aromatic rings. The number of hydrogen-bond donors (Lipinski definition) is 0. The Morgan fingerprint density at radius 3 is 2.76 bits per heavy atom. The first-order chi connectivity index (χ1) is 8.02. The lowest BCUT2D eigenvalue weighted by Gasteiger charge is -2.07. The van der Waals surface area contributed by atoms with Gasteiger partial charge in [0.1, 0.15) is 0 Å². The van der Waals surface area contributed by atoms with E-state index in [0.29, 0.717) is 17.2 Å². The monoisotopic (exact) mass is 316 g/mol. The van der Waals surface area contributed by atoms with Crippen LogP contribution in [0, 0.1) is 5.92 Å². The van der Waals surface area contributed by atoms with Crippen LogP contribution < -0.4 is 0 Å². The van der Waals surface area contributed by atoms with Crippen LogP contribution in [-0.2, 0) is 10.8 Å². The van der Waals surface area contributed by atoms with Gasteiger partial charge < -0.3 is 0 Å². The number of ketones is 1. The summed E-state index contributed by atoms with van der Waals surface area (Å²) in [4.78, 5) is 11.9. The average molecular weight is 317 g/mol. The highest BCUT2D eigenvalue weighted by molar-refractivity contribution is 9.10. The van der Waals surface area contributed by atoms with Gasteiger partial charge in [-0.3, -0.25) is 9.00 Å². The molecule has 0 amide bonds.